The van der Waals surface area contributed by atoms with Crippen molar-refractivity contribution in [3.05, 3.63) is 0 Å². The van der Waals surface area contributed by atoms with Gasteiger partial charge in [-0.05, 0) is 0 Å². The Morgan fingerprint density at radius 2 is 0.727 bits per heavy atom. The van der Waals surface area contributed by atoms with Gasteiger partial charge in [-0.15, -0.1) is 0 Å². The van der Waals surface area contributed by atoms with Crippen molar-refractivity contribution in [3.63, 3.8) is 0 Å². The van der Waals surface area contributed by atoms with E-state index in [0.717, 1.165) is 0 Å². The predicted molar refractivity (Wildman–Crippen MR) is 62.0 cm³/mol. The first-order valence-corrected chi connectivity index (χ1v) is 2.10. The molecule has 0 aliphatic carbocycles. The van der Waals surface area contributed by atoms with Gasteiger partial charge in [-0.25, -0.2) is 0 Å². The van der Waals surface area contributed by atoms with E-state index in [0.29, 0.717) is 0 Å². The summed E-state index contributed by atoms with van der Waals surface area (Å²) in [5.74, 6) is 0. The third-order valence-corrected chi connectivity index (χ3v) is 0. The Bertz CT molecular complexity index is 121. The van der Waals surface area contributed by atoms with Crippen LogP contribution in [0.15, 0.2) is 0 Å². The van der Waals surface area contributed by atoms with Crippen molar-refractivity contribution in [2.24, 2.45) is 0 Å². The molecule has 0 saturated carbocycles. The molecular weight excluding hydrogens is 920 g/mol. The van der Waals surface area contributed by atoms with E-state index in [1.54, 1.807) is 0 Å². The topological polar surface area (TPSA) is 74.6 Å². The maximum atomic E-state index is 8.74. The van der Waals surface area contributed by atoms with Gasteiger partial charge >= 0.3 is 304 Å². The Hall–Kier alpha value is 9.30. The van der Waals surface area contributed by atoms with Crippen molar-refractivity contribution >= 4 is 304 Å². The summed E-state index contributed by atoms with van der Waals surface area (Å²) in [6.45, 7) is 0. The largest absolute Gasteiger partial charge is 2.00 e. The van der Waals surface area contributed by atoms with Crippen LogP contribution in [0, 0.1) is 0 Å². The van der Waals surface area contributed by atoms with Crippen LogP contribution >= 0.6 is 0 Å². The van der Waals surface area contributed by atoms with Gasteiger partial charge in [-0.3, -0.25) is 9.11 Å². The Morgan fingerprint density at radius 3 is 0.727 bits per heavy atom. The zero-order valence-corrected chi connectivity index (χ0v) is 33.8. The van der Waals surface area contributed by atoms with Gasteiger partial charge in [0.25, 0.3) is 0 Å². The third-order valence-electron chi connectivity index (χ3n) is 0. The van der Waals surface area contributed by atoms with Crippen LogP contribution in [0.25, 0.3) is 0 Å². The molecule has 0 bridgehead atoms. The predicted octanol–water partition coefficient (Wildman–Crippen LogP) is -1.59. The molecule has 56 valence electrons. The number of rotatable bonds is 0. The van der Waals surface area contributed by atoms with Crippen molar-refractivity contribution in [3.8, 4) is 0 Å². The molecule has 0 aromatic rings. The quantitative estimate of drug-likeness (QED) is 0.228. The molecule has 0 unspecified atom stereocenters. The summed E-state index contributed by atoms with van der Waals surface area (Å²) in [5.41, 5.74) is 0. The van der Waals surface area contributed by atoms with Crippen LogP contribution in [0.5, 0.6) is 0 Å². The monoisotopic (exact) mass is 937 g/mol. The molecule has 0 fully saturated rings. The summed E-state index contributed by atoms with van der Waals surface area (Å²) in [7, 11) is -4.67. The minimum Gasteiger partial charge on any atom is -1.00 e. The van der Waals surface area contributed by atoms with Gasteiger partial charge in [0.05, 0.1) is 0 Å². The van der Waals surface area contributed by atoms with E-state index < -0.39 is 10.4 Å². The van der Waals surface area contributed by atoms with Crippen LogP contribution < -0.4 is 0 Å². The molecule has 0 saturated heterocycles. The summed E-state index contributed by atoms with van der Waals surface area (Å²) in [5, 5.41) is 0. The van der Waals surface area contributed by atoms with Crippen molar-refractivity contribution in [1.29, 1.82) is 0 Å². The Morgan fingerprint density at radius 1 is 0.727 bits per heavy atom. The van der Waals surface area contributed by atoms with Crippen LogP contribution in [-0.4, -0.2) is 311 Å². The molecule has 11 heteroatoms. The van der Waals surface area contributed by atoms with E-state index in [1.165, 1.54) is 0 Å². The molecular formula is H14Ba6O4S. The van der Waals surface area contributed by atoms with E-state index >= 15 is 0 Å². The van der Waals surface area contributed by atoms with Crippen molar-refractivity contribution in [2.75, 3.05) is 0 Å². The fourth-order valence-corrected chi connectivity index (χ4v) is 0. The fraction of sp³-hybridized carbons (Fsp3) is 0. The Balaban J connectivity index is -0.000000000523. The first-order chi connectivity index (χ1) is 2.00. The second-order valence-corrected chi connectivity index (χ2v) is 1.34. The van der Waals surface area contributed by atoms with Gasteiger partial charge in [0.1, 0.15) is 0 Å². The molecule has 0 aliphatic rings. The second-order valence-electron chi connectivity index (χ2n) is 0.448. The van der Waals surface area contributed by atoms with Crippen LogP contribution in [0.4, 0.5) is 0 Å². The van der Waals surface area contributed by atoms with Crippen LogP contribution in [0.1, 0.15) is 17.1 Å². The van der Waals surface area contributed by atoms with E-state index in [9.17, 15) is 0 Å². The molecule has 0 amide bonds. The second kappa shape index (κ2) is 27.6. The van der Waals surface area contributed by atoms with Gasteiger partial charge in [0.2, 0.25) is 0 Å². The molecule has 11 heavy (non-hydrogen) atoms. The van der Waals surface area contributed by atoms with Gasteiger partial charge in [0, 0.05) is 0 Å². The molecule has 2 N–H and O–H groups in total. The number of hydrogen-bond acceptors (Lipinski definition) is 2. The molecule has 0 aliphatic heterocycles. The minimum absolute atomic E-state index is 0. The first-order valence-electron chi connectivity index (χ1n) is 0.698. The average molecular weight is 934 g/mol. The standard InChI is InChI=1S/6Ba.H2O4S.12H/c;;;;;;1-5(2,3)4;;;;;;;;;;;;/h;;;;;;(H2,1,2,3,4);;;;;;;;;;;;/q6*+2;;12*-1. The van der Waals surface area contributed by atoms with E-state index in [1.807, 2.05) is 0 Å². The summed E-state index contributed by atoms with van der Waals surface area (Å²) in [4.78, 5) is 0. The summed E-state index contributed by atoms with van der Waals surface area (Å²) in [6.07, 6.45) is 0. The molecule has 0 spiro atoms. The summed E-state index contributed by atoms with van der Waals surface area (Å²) in [6, 6.07) is 0. The maximum absolute atomic E-state index is 8.74. The molecule has 0 aromatic heterocycles. The maximum Gasteiger partial charge on any atom is 2.00 e. The van der Waals surface area contributed by atoms with E-state index in [-0.39, 0.29) is 310 Å². The van der Waals surface area contributed by atoms with Crippen LogP contribution in [0.3, 0.4) is 0 Å². The smallest absolute Gasteiger partial charge is 1.00 e. The van der Waals surface area contributed by atoms with Crippen molar-refractivity contribution < 1.29 is 34.6 Å². The van der Waals surface area contributed by atoms with Gasteiger partial charge in [-0.1, -0.05) is 0 Å². The van der Waals surface area contributed by atoms with Gasteiger partial charge in [-0.2, -0.15) is 8.42 Å². The number of hydrogen-bond donors (Lipinski definition) is 2. The van der Waals surface area contributed by atoms with Gasteiger partial charge in [0.15, 0.2) is 0 Å². The zero-order valence-electron chi connectivity index (χ0n) is 18.4. The summed E-state index contributed by atoms with van der Waals surface area (Å²) < 4.78 is 31.6. The Labute approximate surface area is 326 Å². The van der Waals surface area contributed by atoms with E-state index in [2.05, 4.69) is 0 Å². The van der Waals surface area contributed by atoms with Crippen molar-refractivity contribution in [2.45, 2.75) is 0 Å². The third kappa shape index (κ3) is 66.8. The van der Waals surface area contributed by atoms with Gasteiger partial charge < -0.3 is 17.1 Å². The van der Waals surface area contributed by atoms with Crippen LogP contribution in [-0.2, 0) is 10.4 Å². The molecule has 4 nitrogen and oxygen atoms in total. The van der Waals surface area contributed by atoms with E-state index in [4.69, 9.17) is 17.5 Å². The zero-order chi connectivity index (χ0) is 4.50. The minimum atomic E-state index is -4.67. The fourth-order valence-electron chi connectivity index (χ4n) is 0. The molecule has 0 rings (SSSR count). The first kappa shape index (κ1) is 42.7. The Kier molecular flexibility index (Phi) is 107. The SMILES string of the molecule is O=S(=O)(O)O.[Ba+2].[Ba+2].[Ba+2].[Ba+2].[Ba+2].[Ba+2].[H-].[H-].[H-].[H-].[H-].[H-].[H-].[H-].[H-].[H-].[H-].[H-]. The molecule has 0 aromatic carbocycles. The normalized spacial score (nSPS) is 5.27. The molecule has 0 radical (unpaired) electrons. The molecule has 0 heterocycles. The molecule has 0 atom stereocenters. The van der Waals surface area contributed by atoms with Crippen molar-refractivity contribution in [1.82, 2.24) is 0 Å². The summed E-state index contributed by atoms with van der Waals surface area (Å²) >= 11 is 0. The van der Waals surface area contributed by atoms with Crippen LogP contribution in [0.2, 0.25) is 0 Å². The average Bonchev–Trinajstić information content (AvgIpc) is 0.722.